The molecule has 300 valence electrons. The number of carbonyl (C=O) groups is 1. The first-order chi connectivity index (χ1) is 27.4. The lowest BCUT2D eigenvalue weighted by molar-refractivity contribution is -0.255. The monoisotopic (exact) mass is 764 g/mol. The van der Waals surface area contributed by atoms with Crippen LogP contribution in [0.25, 0.3) is 10.8 Å². The molecule has 56 heavy (non-hydrogen) atoms. The van der Waals surface area contributed by atoms with Crippen molar-refractivity contribution in [3.8, 4) is 17.2 Å². The van der Waals surface area contributed by atoms with Crippen molar-refractivity contribution in [3.05, 3.63) is 90.5 Å². The zero-order valence-corrected chi connectivity index (χ0v) is 33.2. The number of allylic oxidation sites excluding steroid dienone is 1. The summed E-state index contributed by atoms with van der Waals surface area (Å²) >= 11 is 0. The summed E-state index contributed by atoms with van der Waals surface area (Å²) in [4.78, 5) is 21.7. The summed E-state index contributed by atoms with van der Waals surface area (Å²) in [6, 6.07) is 20.0. The average molecular weight is 765 g/mol. The minimum absolute atomic E-state index is 0.0786. The quantitative estimate of drug-likeness (QED) is 0.0755. The third-order valence-electron chi connectivity index (χ3n) is 12.9. The van der Waals surface area contributed by atoms with Gasteiger partial charge in [-0.15, -0.1) is 6.58 Å². The lowest BCUT2D eigenvalue weighted by Crippen LogP contribution is -2.69. The number of hydrogen-bond donors (Lipinski definition) is 2. The number of unbranched alkanes of at least 4 members (excludes halogenated alkanes) is 2. The maximum absolute atomic E-state index is 14.2. The van der Waals surface area contributed by atoms with E-state index in [4.69, 9.17) is 19.0 Å². The summed E-state index contributed by atoms with van der Waals surface area (Å²) in [5.41, 5.74) is 2.87. The molecular weight excluding hydrogens is 705 g/mol. The molecule has 0 saturated heterocycles. The minimum atomic E-state index is -1.24. The van der Waals surface area contributed by atoms with Gasteiger partial charge >= 0.3 is 0 Å². The van der Waals surface area contributed by atoms with Crippen molar-refractivity contribution in [1.82, 2.24) is 4.90 Å². The molecule has 1 heterocycles. The molecule has 2 fully saturated rings. The van der Waals surface area contributed by atoms with Crippen LogP contribution >= 0.6 is 0 Å². The van der Waals surface area contributed by atoms with Gasteiger partial charge in [-0.3, -0.25) is 4.79 Å². The van der Waals surface area contributed by atoms with Gasteiger partial charge in [0.2, 0.25) is 11.7 Å². The number of hydrogen-bond acceptors (Lipinski definition) is 8. The number of nitrogens with zero attached hydrogens (tertiary/aromatic N) is 2. The number of amides is 1. The van der Waals surface area contributed by atoms with Crippen molar-refractivity contribution in [2.75, 3.05) is 34.0 Å². The smallest absolute Gasteiger partial charge is 0.239 e. The van der Waals surface area contributed by atoms with Crippen LogP contribution in [0, 0.1) is 23.7 Å². The zero-order valence-electron chi connectivity index (χ0n) is 33.2. The summed E-state index contributed by atoms with van der Waals surface area (Å²) in [6.07, 6.45) is 15.7. The molecule has 7 rings (SSSR count). The fourth-order valence-corrected chi connectivity index (χ4v) is 10.2. The van der Waals surface area contributed by atoms with Gasteiger partial charge < -0.3 is 34.2 Å². The molecule has 4 aliphatic rings. The highest BCUT2D eigenvalue weighted by atomic mass is 16.7. The molecule has 1 amide bonds. The van der Waals surface area contributed by atoms with Crippen molar-refractivity contribution in [3.63, 3.8) is 0 Å². The van der Waals surface area contributed by atoms with Crippen molar-refractivity contribution in [2.45, 2.75) is 101 Å². The van der Waals surface area contributed by atoms with Gasteiger partial charge in [-0.2, -0.15) is 0 Å². The Hall–Kier alpha value is -4.18. The Morgan fingerprint density at radius 2 is 1.70 bits per heavy atom. The van der Waals surface area contributed by atoms with Crippen LogP contribution < -0.4 is 9.47 Å². The number of fused-ring (bicyclic) bond motifs is 3. The first-order valence-corrected chi connectivity index (χ1v) is 20.9. The number of rotatable bonds is 18. The number of aliphatic hydroxyl groups is 2. The largest absolute Gasteiger partial charge is 0.459 e. The van der Waals surface area contributed by atoms with Gasteiger partial charge in [0.05, 0.1) is 18.2 Å². The Bertz CT molecular complexity index is 1880. The number of aliphatic hydroxyl groups excluding tert-OH is 2. The molecule has 0 bridgehead atoms. The highest BCUT2D eigenvalue weighted by molar-refractivity contribution is 6.03. The molecule has 2 saturated carbocycles. The van der Waals surface area contributed by atoms with Crippen molar-refractivity contribution >= 4 is 22.4 Å². The highest BCUT2D eigenvalue weighted by Gasteiger charge is 2.65. The Labute approximate surface area is 332 Å². The van der Waals surface area contributed by atoms with Crippen molar-refractivity contribution < 1.29 is 34.1 Å². The Morgan fingerprint density at radius 3 is 2.45 bits per heavy atom. The Balaban J connectivity index is 1.36. The van der Waals surface area contributed by atoms with E-state index in [1.165, 1.54) is 25.7 Å². The van der Waals surface area contributed by atoms with Gasteiger partial charge in [0.25, 0.3) is 0 Å². The predicted molar refractivity (Wildman–Crippen MR) is 220 cm³/mol. The van der Waals surface area contributed by atoms with Gasteiger partial charge in [0.1, 0.15) is 30.4 Å². The summed E-state index contributed by atoms with van der Waals surface area (Å²) in [5, 5.41) is 26.6. The van der Waals surface area contributed by atoms with E-state index in [1.54, 1.807) is 13.2 Å². The summed E-state index contributed by atoms with van der Waals surface area (Å²) in [6.45, 7) is 4.54. The lowest BCUT2D eigenvalue weighted by Gasteiger charge is -2.59. The van der Waals surface area contributed by atoms with Crippen molar-refractivity contribution in [1.29, 1.82) is 0 Å². The highest BCUT2D eigenvalue weighted by Crippen LogP contribution is 2.62. The first-order valence-electron chi connectivity index (χ1n) is 20.9. The van der Waals surface area contributed by atoms with E-state index in [0.717, 1.165) is 71.9 Å². The van der Waals surface area contributed by atoms with E-state index < -0.39 is 11.8 Å². The lowest BCUT2D eigenvalue weighted by atomic mass is 9.55. The molecule has 1 aliphatic heterocycles. The van der Waals surface area contributed by atoms with Gasteiger partial charge in [0, 0.05) is 44.6 Å². The van der Waals surface area contributed by atoms with Crippen LogP contribution in [0.5, 0.6) is 17.2 Å². The van der Waals surface area contributed by atoms with Crippen LogP contribution in [-0.4, -0.2) is 72.5 Å². The third kappa shape index (κ3) is 8.27. The van der Waals surface area contributed by atoms with Gasteiger partial charge in [-0.05, 0) is 96.5 Å². The molecule has 9 heteroatoms. The first kappa shape index (κ1) is 40.0. The SMILES string of the molecule is C=CCO[C@@]12Oc3ccc(Oc4ccc5ccccc5c4)cc3[C@H]3[C@H](CCCCO)[C@@H](CCCCO)C=C(C(=NOC)C[C@@H]1N(C)C(=O)CCC1CCCC1)[C@H]32. The number of oxime groups is 1. The van der Waals surface area contributed by atoms with E-state index >= 15 is 0 Å². The summed E-state index contributed by atoms with van der Waals surface area (Å²) in [7, 11) is 3.47. The molecular formula is C47H60N2O7. The van der Waals surface area contributed by atoms with Crippen LogP contribution in [-0.2, 0) is 14.4 Å². The van der Waals surface area contributed by atoms with Crippen molar-refractivity contribution in [2.24, 2.45) is 28.8 Å². The summed E-state index contributed by atoms with van der Waals surface area (Å²) in [5.74, 6) is 1.47. The molecule has 6 atom stereocenters. The van der Waals surface area contributed by atoms with E-state index in [9.17, 15) is 15.0 Å². The summed E-state index contributed by atoms with van der Waals surface area (Å²) < 4.78 is 20.9. The van der Waals surface area contributed by atoms with Crippen LogP contribution in [0.15, 0.2) is 90.1 Å². The fraction of sp³-hybridized carbons (Fsp3) is 0.532. The number of carbonyl (C=O) groups excluding carboxylic acids is 1. The van der Waals surface area contributed by atoms with E-state index in [-0.39, 0.29) is 49.4 Å². The Kier molecular flexibility index (Phi) is 13.1. The third-order valence-corrected chi connectivity index (χ3v) is 12.9. The molecule has 3 aromatic carbocycles. The Morgan fingerprint density at radius 1 is 0.964 bits per heavy atom. The molecule has 0 aromatic heterocycles. The average Bonchev–Trinajstić information content (AvgIpc) is 3.74. The molecule has 2 N–H and O–H groups in total. The zero-order chi connectivity index (χ0) is 39.1. The van der Waals surface area contributed by atoms with Crippen LogP contribution in [0.1, 0.15) is 95.0 Å². The van der Waals surface area contributed by atoms with E-state index in [0.29, 0.717) is 36.7 Å². The number of likely N-dealkylation sites (N-methyl/N-ethyl adjacent to an activating group) is 1. The topological polar surface area (TPSA) is 110 Å². The molecule has 0 radical (unpaired) electrons. The van der Waals surface area contributed by atoms with Gasteiger partial charge in [-0.25, -0.2) is 0 Å². The maximum Gasteiger partial charge on any atom is 0.239 e. The van der Waals surface area contributed by atoms with E-state index in [2.05, 4.69) is 48.1 Å². The van der Waals surface area contributed by atoms with Crippen LogP contribution in [0.2, 0.25) is 0 Å². The molecule has 3 aliphatic carbocycles. The number of ether oxygens (including phenoxy) is 3. The second-order valence-electron chi connectivity index (χ2n) is 16.3. The van der Waals surface area contributed by atoms with E-state index in [1.807, 2.05) is 42.3 Å². The van der Waals surface area contributed by atoms with Gasteiger partial charge in [-0.1, -0.05) is 86.2 Å². The molecule has 0 unspecified atom stereocenters. The molecule has 9 nitrogen and oxygen atoms in total. The molecule has 3 aromatic rings. The minimum Gasteiger partial charge on any atom is -0.459 e. The number of benzene rings is 3. The predicted octanol–water partition coefficient (Wildman–Crippen LogP) is 9.32. The normalized spacial score (nSPS) is 26.2. The molecule has 0 spiro atoms. The van der Waals surface area contributed by atoms with Gasteiger partial charge in [0.15, 0.2) is 0 Å². The maximum atomic E-state index is 14.2. The second kappa shape index (κ2) is 18.4. The second-order valence-corrected chi connectivity index (χ2v) is 16.3. The van der Waals surface area contributed by atoms with Crippen LogP contribution in [0.3, 0.4) is 0 Å². The standard InChI is InChI=1S/C47H60N2O7/c1-4-27-54-47-43(49(2)44(52)24-19-32-13-5-6-14-32)31-41(48-53-3)39-29-35(17-9-11-25-50)38(18-10-12-26-51)45(46(39)47)40-30-37(22-23-42(40)56-47)55-36-21-20-33-15-7-8-16-34(33)28-36/h4,7-8,15-16,20-23,28-30,32,35,38,43,45-46,50-51H,1,5-6,9-14,17-19,24-27,31H2,2-3H3/t35-,38+,43-,45+,46+,47+/m0/s1. The van der Waals surface area contributed by atoms with Crippen LogP contribution in [0.4, 0.5) is 0 Å². The fourth-order valence-electron chi connectivity index (χ4n) is 10.2.